The van der Waals surface area contributed by atoms with E-state index in [0.717, 1.165) is 0 Å². The number of allylic oxidation sites excluding steroid dienone is 1. The second-order valence-corrected chi connectivity index (χ2v) is 5.38. The number of Topliss-reactive ketones (excluding diaryl/α,β-unsaturated/α-hetero) is 1. The van der Waals surface area contributed by atoms with Gasteiger partial charge in [-0.05, 0) is 13.3 Å². The van der Waals surface area contributed by atoms with Gasteiger partial charge in [-0.1, -0.05) is 13.8 Å². The number of rotatable bonds is 2. The van der Waals surface area contributed by atoms with Crippen LogP contribution in [0.4, 0.5) is 0 Å². The molecule has 2 rings (SSSR count). The molecule has 2 aliphatic rings. The summed E-state index contributed by atoms with van der Waals surface area (Å²) in [7, 11) is 0. The number of hydrogen-bond donors (Lipinski definition) is 1. The second-order valence-electron chi connectivity index (χ2n) is 5.38. The minimum Gasteiger partial charge on any atom is -0.493 e. The summed E-state index contributed by atoms with van der Waals surface area (Å²) in [5.74, 6) is -0.590. The van der Waals surface area contributed by atoms with Gasteiger partial charge in [0.25, 0.3) is 0 Å². The summed E-state index contributed by atoms with van der Waals surface area (Å²) in [6, 6.07) is 0. The molecule has 0 saturated heterocycles. The molecule has 0 amide bonds. The fraction of sp³-hybridized carbons (Fsp3) is 0.692. The summed E-state index contributed by atoms with van der Waals surface area (Å²) in [4.78, 5) is 23.8. The SMILES string of the molecule is CCOC(=O)C1(O)COC2=C1C(=O)CCC2(C)C. The summed E-state index contributed by atoms with van der Waals surface area (Å²) in [5, 5.41) is 10.4. The molecule has 1 atom stereocenters. The number of ketones is 1. The molecular formula is C13H18O5. The molecule has 100 valence electrons. The van der Waals surface area contributed by atoms with Crippen molar-refractivity contribution in [1.82, 2.24) is 0 Å². The number of carbonyl (C=O) groups excluding carboxylic acids is 2. The highest BCUT2D eigenvalue weighted by Gasteiger charge is 2.56. The normalized spacial score (nSPS) is 29.9. The Morgan fingerprint density at radius 3 is 2.78 bits per heavy atom. The zero-order valence-corrected chi connectivity index (χ0v) is 10.9. The maximum Gasteiger partial charge on any atom is 0.346 e. The lowest BCUT2D eigenvalue weighted by Crippen LogP contribution is -2.46. The van der Waals surface area contributed by atoms with E-state index in [9.17, 15) is 14.7 Å². The fourth-order valence-electron chi connectivity index (χ4n) is 2.48. The lowest BCUT2D eigenvalue weighted by atomic mass is 9.74. The Kier molecular flexibility index (Phi) is 2.97. The van der Waals surface area contributed by atoms with Gasteiger partial charge in [0.2, 0.25) is 5.60 Å². The van der Waals surface area contributed by atoms with E-state index in [1.807, 2.05) is 13.8 Å². The Morgan fingerprint density at radius 2 is 2.17 bits per heavy atom. The number of esters is 1. The summed E-state index contributed by atoms with van der Waals surface area (Å²) < 4.78 is 10.3. The van der Waals surface area contributed by atoms with Crippen LogP contribution in [0, 0.1) is 5.41 Å². The molecule has 0 aromatic carbocycles. The van der Waals surface area contributed by atoms with Crippen LogP contribution in [-0.4, -0.2) is 35.7 Å². The van der Waals surface area contributed by atoms with Crippen LogP contribution in [0.2, 0.25) is 0 Å². The molecule has 0 aromatic rings. The number of carbonyl (C=O) groups is 2. The van der Waals surface area contributed by atoms with Gasteiger partial charge in [0.1, 0.15) is 12.4 Å². The Bertz CT molecular complexity index is 435. The van der Waals surface area contributed by atoms with Crippen molar-refractivity contribution in [3.8, 4) is 0 Å². The molecule has 0 aromatic heterocycles. The summed E-state index contributed by atoms with van der Waals surface area (Å²) in [5.41, 5.74) is -2.17. The average molecular weight is 254 g/mol. The maximum absolute atomic E-state index is 12.0. The predicted octanol–water partition coefficient (Wildman–Crippen LogP) is 0.954. The average Bonchev–Trinajstić information content (AvgIpc) is 2.66. The molecule has 5 heteroatoms. The molecule has 0 radical (unpaired) electrons. The first-order chi connectivity index (χ1) is 8.33. The van der Waals surface area contributed by atoms with E-state index in [2.05, 4.69) is 0 Å². The molecule has 18 heavy (non-hydrogen) atoms. The van der Waals surface area contributed by atoms with Crippen LogP contribution < -0.4 is 0 Å². The minimum absolute atomic E-state index is 0.0946. The van der Waals surface area contributed by atoms with Gasteiger partial charge in [0.15, 0.2) is 5.78 Å². The van der Waals surface area contributed by atoms with Gasteiger partial charge in [0, 0.05) is 11.8 Å². The molecular weight excluding hydrogens is 236 g/mol. The Hall–Kier alpha value is -1.36. The second kappa shape index (κ2) is 4.09. The Labute approximate surface area is 106 Å². The van der Waals surface area contributed by atoms with Crippen LogP contribution in [0.15, 0.2) is 11.3 Å². The number of ether oxygens (including phenoxy) is 2. The molecule has 1 N–H and O–H groups in total. The zero-order valence-electron chi connectivity index (χ0n) is 10.9. The third kappa shape index (κ3) is 1.73. The lowest BCUT2D eigenvalue weighted by Gasteiger charge is -2.30. The lowest BCUT2D eigenvalue weighted by molar-refractivity contribution is -0.163. The predicted molar refractivity (Wildman–Crippen MR) is 62.6 cm³/mol. The van der Waals surface area contributed by atoms with E-state index in [-0.39, 0.29) is 30.0 Å². The first-order valence-electron chi connectivity index (χ1n) is 6.14. The first kappa shape index (κ1) is 13.1. The highest BCUT2D eigenvalue weighted by atomic mass is 16.6. The van der Waals surface area contributed by atoms with E-state index in [4.69, 9.17) is 9.47 Å². The fourth-order valence-corrected chi connectivity index (χ4v) is 2.48. The minimum atomic E-state index is -1.93. The van der Waals surface area contributed by atoms with Gasteiger partial charge in [-0.2, -0.15) is 0 Å². The molecule has 1 aliphatic carbocycles. The van der Waals surface area contributed by atoms with E-state index >= 15 is 0 Å². The third-order valence-electron chi connectivity index (χ3n) is 3.55. The van der Waals surface area contributed by atoms with Crippen molar-refractivity contribution in [2.24, 2.45) is 5.41 Å². The largest absolute Gasteiger partial charge is 0.493 e. The van der Waals surface area contributed by atoms with Crippen molar-refractivity contribution >= 4 is 11.8 Å². The van der Waals surface area contributed by atoms with Gasteiger partial charge in [0.05, 0.1) is 12.2 Å². The van der Waals surface area contributed by atoms with Crippen LogP contribution in [0.1, 0.15) is 33.6 Å². The highest BCUT2D eigenvalue weighted by molar-refractivity contribution is 6.06. The van der Waals surface area contributed by atoms with Crippen LogP contribution >= 0.6 is 0 Å². The maximum atomic E-state index is 12.0. The molecule has 0 bridgehead atoms. The monoisotopic (exact) mass is 254 g/mol. The molecule has 5 nitrogen and oxygen atoms in total. The van der Waals surface area contributed by atoms with Gasteiger partial charge in [-0.3, -0.25) is 4.79 Å². The van der Waals surface area contributed by atoms with Crippen molar-refractivity contribution in [2.75, 3.05) is 13.2 Å². The van der Waals surface area contributed by atoms with Crippen molar-refractivity contribution < 1.29 is 24.2 Å². The highest BCUT2D eigenvalue weighted by Crippen LogP contribution is 2.47. The molecule has 1 heterocycles. The zero-order chi connectivity index (χ0) is 13.6. The van der Waals surface area contributed by atoms with Gasteiger partial charge >= 0.3 is 5.97 Å². The van der Waals surface area contributed by atoms with Gasteiger partial charge in [-0.15, -0.1) is 0 Å². The van der Waals surface area contributed by atoms with E-state index in [1.165, 1.54) is 0 Å². The quantitative estimate of drug-likeness (QED) is 0.743. The number of aliphatic hydroxyl groups is 1. The summed E-state index contributed by atoms with van der Waals surface area (Å²) in [6.45, 7) is 5.45. The molecule has 0 saturated carbocycles. The molecule has 0 spiro atoms. The van der Waals surface area contributed by atoms with Crippen LogP contribution in [0.25, 0.3) is 0 Å². The summed E-state index contributed by atoms with van der Waals surface area (Å²) >= 11 is 0. The standard InChI is InChI=1S/C13H18O5/c1-4-17-11(15)13(16)7-18-10-9(13)8(14)5-6-12(10,2)3/h16H,4-7H2,1-3H3. The molecule has 1 unspecified atom stereocenters. The smallest absolute Gasteiger partial charge is 0.346 e. The Morgan fingerprint density at radius 1 is 1.50 bits per heavy atom. The van der Waals surface area contributed by atoms with E-state index in [1.54, 1.807) is 6.92 Å². The van der Waals surface area contributed by atoms with E-state index < -0.39 is 11.6 Å². The van der Waals surface area contributed by atoms with Gasteiger partial charge < -0.3 is 14.6 Å². The summed E-state index contributed by atoms with van der Waals surface area (Å²) in [6.07, 6.45) is 0.973. The van der Waals surface area contributed by atoms with Crippen LogP contribution in [-0.2, 0) is 19.1 Å². The van der Waals surface area contributed by atoms with Crippen molar-refractivity contribution in [2.45, 2.75) is 39.2 Å². The Balaban J connectivity index is 2.46. The van der Waals surface area contributed by atoms with Crippen molar-refractivity contribution in [3.63, 3.8) is 0 Å². The van der Waals surface area contributed by atoms with Crippen LogP contribution in [0.5, 0.6) is 0 Å². The topological polar surface area (TPSA) is 72.8 Å². The van der Waals surface area contributed by atoms with E-state index in [0.29, 0.717) is 18.6 Å². The molecule has 1 aliphatic heterocycles. The number of hydrogen-bond acceptors (Lipinski definition) is 5. The molecule has 0 fully saturated rings. The van der Waals surface area contributed by atoms with Crippen molar-refractivity contribution in [3.05, 3.63) is 11.3 Å². The van der Waals surface area contributed by atoms with Crippen LogP contribution in [0.3, 0.4) is 0 Å². The van der Waals surface area contributed by atoms with Gasteiger partial charge in [-0.25, -0.2) is 4.79 Å². The van der Waals surface area contributed by atoms with Crippen molar-refractivity contribution in [1.29, 1.82) is 0 Å². The first-order valence-corrected chi connectivity index (χ1v) is 6.14. The third-order valence-corrected chi connectivity index (χ3v) is 3.55.